The average Bonchev–Trinajstić information content (AvgIpc) is 2.64. The van der Waals surface area contributed by atoms with Crippen molar-refractivity contribution in [2.24, 2.45) is 5.92 Å². The van der Waals surface area contributed by atoms with E-state index in [0.29, 0.717) is 12.5 Å². The van der Waals surface area contributed by atoms with Crippen LogP contribution in [0.4, 0.5) is 0 Å². The minimum Gasteiger partial charge on any atom is -0.497 e. The van der Waals surface area contributed by atoms with Gasteiger partial charge in [-0.2, -0.15) is 0 Å². The molecule has 2 fully saturated rings. The van der Waals surface area contributed by atoms with E-state index in [-0.39, 0.29) is 24.4 Å². The molecule has 0 radical (unpaired) electrons. The standard InChI is InChI=1S/C20H28N2O3/c1-15-20(24)21(12-17-8-10-18(25-2)11-9-17)14-19(23)22(15)13-16-6-4-3-5-7-16/h8-11,15-16H,3-7,12-14H2,1-2H3/t15-/m0/s1. The first-order valence-corrected chi connectivity index (χ1v) is 9.29. The lowest BCUT2D eigenvalue weighted by Gasteiger charge is -2.40. The quantitative estimate of drug-likeness (QED) is 0.825. The normalized spacial score (nSPS) is 22.4. The number of ether oxygens (including phenoxy) is 1. The van der Waals surface area contributed by atoms with Gasteiger partial charge in [-0.3, -0.25) is 9.59 Å². The van der Waals surface area contributed by atoms with E-state index in [1.165, 1.54) is 32.1 Å². The van der Waals surface area contributed by atoms with E-state index in [1.807, 2.05) is 36.1 Å². The second-order valence-electron chi connectivity index (χ2n) is 7.27. The van der Waals surface area contributed by atoms with Crippen molar-refractivity contribution in [2.75, 3.05) is 20.2 Å². The van der Waals surface area contributed by atoms with Crippen LogP contribution in [0.5, 0.6) is 5.75 Å². The van der Waals surface area contributed by atoms with Gasteiger partial charge in [0.15, 0.2) is 0 Å². The molecule has 1 aromatic carbocycles. The van der Waals surface area contributed by atoms with Gasteiger partial charge in [0, 0.05) is 13.1 Å². The highest BCUT2D eigenvalue weighted by Crippen LogP contribution is 2.26. The number of hydrogen-bond acceptors (Lipinski definition) is 3. The van der Waals surface area contributed by atoms with Crippen molar-refractivity contribution in [3.05, 3.63) is 29.8 Å². The van der Waals surface area contributed by atoms with Gasteiger partial charge in [0.2, 0.25) is 11.8 Å². The molecule has 1 aromatic rings. The second-order valence-corrected chi connectivity index (χ2v) is 7.27. The zero-order valence-corrected chi connectivity index (χ0v) is 15.2. The predicted molar refractivity (Wildman–Crippen MR) is 96.2 cm³/mol. The fourth-order valence-corrected chi connectivity index (χ4v) is 3.94. The summed E-state index contributed by atoms with van der Waals surface area (Å²) in [5.41, 5.74) is 1.01. The first-order valence-electron chi connectivity index (χ1n) is 9.29. The molecule has 1 aliphatic carbocycles. The molecule has 5 heteroatoms. The van der Waals surface area contributed by atoms with E-state index in [0.717, 1.165) is 17.9 Å². The number of benzene rings is 1. The summed E-state index contributed by atoms with van der Waals surface area (Å²) >= 11 is 0. The number of carbonyl (C=O) groups is 2. The molecule has 3 rings (SSSR count). The molecule has 0 bridgehead atoms. The SMILES string of the molecule is COc1ccc(CN2CC(=O)N(CC3CCCCC3)[C@@H](C)C2=O)cc1. The van der Waals surface area contributed by atoms with Gasteiger partial charge in [-0.1, -0.05) is 31.4 Å². The highest BCUT2D eigenvalue weighted by atomic mass is 16.5. The van der Waals surface area contributed by atoms with Crippen LogP contribution >= 0.6 is 0 Å². The third-order valence-electron chi connectivity index (χ3n) is 5.50. The maximum Gasteiger partial charge on any atom is 0.245 e. The molecule has 25 heavy (non-hydrogen) atoms. The lowest BCUT2D eigenvalue weighted by Crippen LogP contribution is -2.59. The predicted octanol–water partition coefficient (Wildman–Crippen LogP) is 2.83. The van der Waals surface area contributed by atoms with Gasteiger partial charge < -0.3 is 14.5 Å². The first-order chi connectivity index (χ1) is 12.1. The van der Waals surface area contributed by atoms with Crippen molar-refractivity contribution in [3.8, 4) is 5.75 Å². The Kier molecular flexibility index (Phi) is 5.61. The van der Waals surface area contributed by atoms with Crippen molar-refractivity contribution < 1.29 is 14.3 Å². The van der Waals surface area contributed by atoms with Crippen molar-refractivity contribution >= 4 is 11.8 Å². The van der Waals surface area contributed by atoms with Crippen molar-refractivity contribution in [1.29, 1.82) is 0 Å². The Morgan fingerprint density at radius 2 is 1.76 bits per heavy atom. The average molecular weight is 344 g/mol. The van der Waals surface area contributed by atoms with Gasteiger partial charge in [0.25, 0.3) is 0 Å². The number of hydrogen-bond donors (Lipinski definition) is 0. The largest absolute Gasteiger partial charge is 0.497 e. The number of carbonyl (C=O) groups excluding carboxylic acids is 2. The highest BCUT2D eigenvalue weighted by Gasteiger charge is 2.37. The number of piperazine rings is 1. The first kappa shape index (κ1) is 17.8. The van der Waals surface area contributed by atoms with Crippen molar-refractivity contribution in [1.82, 2.24) is 9.80 Å². The van der Waals surface area contributed by atoms with E-state index < -0.39 is 0 Å². The van der Waals surface area contributed by atoms with Gasteiger partial charge in [-0.25, -0.2) is 0 Å². The Bertz CT molecular complexity index is 608. The Morgan fingerprint density at radius 3 is 2.40 bits per heavy atom. The Morgan fingerprint density at radius 1 is 1.08 bits per heavy atom. The molecule has 1 saturated carbocycles. The molecular weight excluding hydrogens is 316 g/mol. The molecule has 0 N–H and O–H groups in total. The van der Waals surface area contributed by atoms with Crippen LogP contribution < -0.4 is 4.74 Å². The summed E-state index contributed by atoms with van der Waals surface area (Å²) in [7, 11) is 1.63. The fourth-order valence-electron chi connectivity index (χ4n) is 3.94. The van der Waals surface area contributed by atoms with Crippen molar-refractivity contribution in [2.45, 2.75) is 51.6 Å². The number of rotatable bonds is 5. The summed E-state index contributed by atoms with van der Waals surface area (Å²) in [6, 6.07) is 7.28. The molecule has 2 amide bonds. The van der Waals surface area contributed by atoms with Crippen LogP contribution in [-0.4, -0.2) is 47.9 Å². The molecule has 1 atom stereocenters. The van der Waals surface area contributed by atoms with Gasteiger partial charge in [0.05, 0.1) is 7.11 Å². The van der Waals surface area contributed by atoms with Crippen LogP contribution in [0, 0.1) is 5.92 Å². The highest BCUT2D eigenvalue weighted by molar-refractivity contribution is 5.94. The lowest BCUT2D eigenvalue weighted by atomic mass is 9.88. The zero-order valence-electron chi connectivity index (χ0n) is 15.2. The van der Waals surface area contributed by atoms with Crippen LogP contribution in [0.2, 0.25) is 0 Å². The van der Waals surface area contributed by atoms with Crippen LogP contribution in [0.15, 0.2) is 24.3 Å². The molecule has 1 saturated heterocycles. The topological polar surface area (TPSA) is 49.9 Å². The Hall–Kier alpha value is -2.04. The van der Waals surface area contributed by atoms with Crippen molar-refractivity contribution in [3.63, 3.8) is 0 Å². The van der Waals surface area contributed by atoms with Gasteiger partial charge in [-0.05, 0) is 43.4 Å². The van der Waals surface area contributed by atoms with E-state index in [1.54, 1.807) is 12.0 Å². The molecule has 136 valence electrons. The zero-order chi connectivity index (χ0) is 17.8. The molecule has 1 heterocycles. The van der Waals surface area contributed by atoms with Crippen LogP contribution in [0.3, 0.4) is 0 Å². The van der Waals surface area contributed by atoms with E-state index in [2.05, 4.69) is 0 Å². The Balaban J connectivity index is 1.62. The third kappa shape index (κ3) is 4.14. The van der Waals surface area contributed by atoms with Gasteiger partial charge in [0.1, 0.15) is 18.3 Å². The number of nitrogens with zero attached hydrogens (tertiary/aromatic N) is 2. The summed E-state index contributed by atoms with van der Waals surface area (Å²) in [5, 5.41) is 0. The van der Waals surface area contributed by atoms with E-state index in [4.69, 9.17) is 4.74 Å². The minimum absolute atomic E-state index is 0.0474. The van der Waals surface area contributed by atoms with Gasteiger partial charge in [-0.15, -0.1) is 0 Å². The van der Waals surface area contributed by atoms with Crippen LogP contribution in [0.1, 0.15) is 44.6 Å². The second kappa shape index (κ2) is 7.89. The summed E-state index contributed by atoms with van der Waals surface area (Å²) in [6.07, 6.45) is 6.16. The minimum atomic E-state index is -0.360. The smallest absolute Gasteiger partial charge is 0.245 e. The molecule has 5 nitrogen and oxygen atoms in total. The maximum absolute atomic E-state index is 12.8. The number of amides is 2. The lowest BCUT2D eigenvalue weighted by molar-refractivity contribution is -0.156. The van der Waals surface area contributed by atoms with E-state index >= 15 is 0 Å². The number of methoxy groups -OCH3 is 1. The van der Waals surface area contributed by atoms with Crippen LogP contribution in [0.25, 0.3) is 0 Å². The summed E-state index contributed by atoms with van der Waals surface area (Å²) < 4.78 is 5.16. The fraction of sp³-hybridized carbons (Fsp3) is 0.600. The summed E-state index contributed by atoms with van der Waals surface area (Å²) in [5.74, 6) is 1.47. The van der Waals surface area contributed by atoms with Crippen LogP contribution in [-0.2, 0) is 16.1 Å². The van der Waals surface area contributed by atoms with E-state index in [9.17, 15) is 9.59 Å². The third-order valence-corrected chi connectivity index (χ3v) is 5.50. The molecule has 0 unspecified atom stereocenters. The maximum atomic E-state index is 12.8. The molecule has 0 spiro atoms. The monoisotopic (exact) mass is 344 g/mol. The Labute approximate surface area is 149 Å². The molecule has 1 aliphatic heterocycles. The summed E-state index contributed by atoms with van der Waals surface area (Å²) in [6.45, 7) is 3.25. The molecule has 2 aliphatic rings. The molecule has 0 aromatic heterocycles. The molecular formula is C20H28N2O3. The van der Waals surface area contributed by atoms with Gasteiger partial charge >= 0.3 is 0 Å². The summed E-state index contributed by atoms with van der Waals surface area (Å²) in [4.78, 5) is 28.9.